The summed E-state index contributed by atoms with van der Waals surface area (Å²) in [6.07, 6.45) is -3.58. The Hall–Kier alpha value is -0.200. The van der Waals surface area contributed by atoms with Crippen LogP contribution in [0.15, 0.2) is 0 Å². The van der Waals surface area contributed by atoms with E-state index in [4.69, 9.17) is 14.2 Å². The van der Waals surface area contributed by atoms with Gasteiger partial charge in [0.2, 0.25) is 0 Å². The van der Waals surface area contributed by atoms with Crippen LogP contribution in [0.4, 0.5) is 0 Å². The first-order valence-corrected chi connectivity index (χ1v) is 4.19. The molecule has 78 valence electrons. The number of hydrogen-bond donors (Lipinski definition) is 2. The molecule has 0 radical (unpaired) electrons. The Morgan fingerprint density at radius 1 is 1.08 bits per heavy atom. The quantitative estimate of drug-likeness (QED) is 0.594. The van der Waals surface area contributed by atoms with E-state index < -0.39 is 30.7 Å². The van der Waals surface area contributed by atoms with Gasteiger partial charge in [0, 0.05) is 14.2 Å². The minimum atomic E-state index is -0.957. The minimum Gasteiger partial charge on any atom is -0.388 e. The van der Waals surface area contributed by atoms with Gasteiger partial charge in [-0.1, -0.05) is 0 Å². The summed E-state index contributed by atoms with van der Waals surface area (Å²) >= 11 is 0. The summed E-state index contributed by atoms with van der Waals surface area (Å²) in [6.45, 7) is 1.70. The zero-order chi connectivity index (χ0) is 10.0. The number of hydrogen-bond acceptors (Lipinski definition) is 5. The van der Waals surface area contributed by atoms with E-state index in [0.29, 0.717) is 0 Å². The average molecular weight is 192 g/mol. The molecular weight excluding hydrogens is 176 g/mol. The molecule has 0 saturated carbocycles. The molecule has 0 spiro atoms. The molecule has 5 nitrogen and oxygen atoms in total. The van der Waals surface area contributed by atoms with Crippen LogP contribution in [0.1, 0.15) is 6.92 Å². The Morgan fingerprint density at radius 2 is 1.69 bits per heavy atom. The Kier molecular flexibility index (Phi) is 3.63. The van der Waals surface area contributed by atoms with Gasteiger partial charge in [-0.3, -0.25) is 0 Å². The molecule has 0 aromatic rings. The molecule has 0 bridgehead atoms. The van der Waals surface area contributed by atoms with Gasteiger partial charge in [-0.15, -0.1) is 0 Å². The van der Waals surface area contributed by atoms with E-state index in [9.17, 15) is 10.2 Å². The number of aliphatic hydroxyl groups excluding tert-OH is 2. The van der Waals surface area contributed by atoms with Crippen molar-refractivity contribution in [1.29, 1.82) is 0 Å². The molecule has 1 aliphatic rings. The highest BCUT2D eigenvalue weighted by Crippen LogP contribution is 2.22. The fourth-order valence-corrected chi connectivity index (χ4v) is 1.47. The highest BCUT2D eigenvalue weighted by molar-refractivity contribution is 4.88. The first-order chi connectivity index (χ1) is 6.11. The lowest BCUT2D eigenvalue weighted by molar-refractivity contribution is -0.290. The first-order valence-electron chi connectivity index (χ1n) is 4.19. The molecule has 0 aliphatic carbocycles. The molecule has 5 heteroatoms. The lowest BCUT2D eigenvalue weighted by atomic mass is 10.00. The van der Waals surface area contributed by atoms with E-state index >= 15 is 0 Å². The molecule has 0 aromatic heterocycles. The molecule has 13 heavy (non-hydrogen) atoms. The van der Waals surface area contributed by atoms with E-state index in [1.165, 1.54) is 14.2 Å². The third-order valence-electron chi connectivity index (χ3n) is 2.29. The SMILES string of the molecule is COC1OC(C)C(O)C(OC)C1O. The Bertz CT molecular complexity index is 163. The molecule has 2 N–H and O–H groups in total. The lowest BCUT2D eigenvalue weighted by Crippen LogP contribution is -2.57. The lowest BCUT2D eigenvalue weighted by Gasteiger charge is -2.40. The summed E-state index contributed by atoms with van der Waals surface area (Å²) in [5.41, 5.74) is 0. The van der Waals surface area contributed by atoms with Gasteiger partial charge >= 0.3 is 0 Å². The first kappa shape index (κ1) is 10.9. The van der Waals surface area contributed by atoms with E-state index in [1.54, 1.807) is 6.92 Å². The van der Waals surface area contributed by atoms with Crippen LogP contribution in [0.5, 0.6) is 0 Å². The van der Waals surface area contributed by atoms with Gasteiger partial charge in [-0.2, -0.15) is 0 Å². The summed E-state index contributed by atoms with van der Waals surface area (Å²) < 4.78 is 15.0. The standard InChI is InChI=1S/C8H16O5/c1-4-5(9)7(11-2)6(10)8(12-3)13-4/h4-10H,1-3H3. The van der Waals surface area contributed by atoms with E-state index in [2.05, 4.69) is 0 Å². The van der Waals surface area contributed by atoms with Gasteiger partial charge in [-0.05, 0) is 6.92 Å². The number of aliphatic hydroxyl groups is 2. The van der Waals surface area contributed by atoms with E-state index in [-0.39, 0.29) is 0 Å². The van der Waals surface area contributed by atoms with Gasteiger partial charge in [-0.25, -0.2) is 0 Å². The smallest absolute Gasteiger partial charge is 0.186 e. The third-order valence-corrected chi connectivity index (χ3v) is 2.29. The van der Waals surface area contributed by atoms with Crippen LogP contribution in [0, 0.1) is 0 Å². The molecule has 0 amide bonds. The van der Waals surface area contributed by atoms with Crippen LogP contribution in [0.2, 0.25) is 0 Å². The number of methoxy groups -OCH3 is 2. The average Bonchev–Trinajstić information content (AvgIpc) is 2.12. The van der Waals surface area contributed by atoms with Gasteiger partial charge in [0.15, 0.2) is 6.29 Å². The molecule has 1 fully saturated rings. The zero-order valence-corrected chi connectivity index (χ0v) is 8.01. The second kappa shape index (κ2) is 4.34. The van der Waals surface area contributed by atoms with Gasteiger partial charge < -0.3 is 24.4 Å². The largest absolute Gasteiger partial charge is 0.388 e. The van der Waals surface area contributed by atoms with Crippen LogP contribution >= 0.6 is 0 Å². The van der Waals surface area contributed by atoms with Crippen molar-refractivity contribution in [3.8, 4) is 0 Å². The van der Waals surface area contributed by atoms with E-state index in [1.807, 2.05) is 0 Å². The van der Waals surface area contributed by atoms with Gasteiger partial charge in [0.05, 0.1) is 6.10 Å². The molecule has 1 heterocycles. The maximum atomic E-state index is 9.58. The highest BCUT2D eigenvalue weighted by Gasteiger charge is 2.43. The van der Waals surface area contributed by atoms with Gasteiger partial charge in [0.25, 0.3) is 0 Å². The molecule has 0 aromatic carbocycles. The van der Waals surface area contributed by atoms with Gasteiger partial charge in [0.1, 0.15) is 18.3 Å². The zero-order valence-electron chi connectivity index (χ0n) is 8.01. The third kappa shape index (κ3) is 2.00. The maximum Gasteiger partial charge on any atom is 0.186 e. The summed E-state index contributed by atoms with van der Waals surface area (Å²) in [4.78, 5) is 0. The topological polar surface area (TPSA) is 68.2 Å². The van der Waals surface area contributed by atoms with Crippen LogP contribution < -0.4 is 0 Å². The summed E-state index contributed by atoms with van der Waals surface area (Å²) in [7, 11) is 2.87. The van der Waals surface area contributed by atoms with Crippen molar-refractivity contribution < 1.29 is 24.4 Å². The summed E-state index contributed by atoms with van der Waals surface area (Å²) in [6, 6.07) is 0. The van der Waals surface area contributed by atoms with Crippen molar-refractivity contribution >= 4 is 0 Å². The maximum absolute atomic E-state index is 9.58. The second-order valence-corrected chi connectivity index (χ2v) is 3.13. The monoisotopic (exact) mass is 192 g/mol. The van der Waals surface area contributed by atoms with Crippen molar-refractivity contribution in [2.75, 3.05) is 14.2 Å². The Labute approximate surface area is 77.2 Å². The highest BCUT2D eigenvalue weighted by atomic mass is 16.7. The fourth-order valence-electron chi connectivity index (χ4n) is 1.47. The van der Waals surface area contributed by atoms with Crippen molar-refractivity contribution in [3.63, 3.8) is 0 Å². The van der Waals surface area contributed by atoms with Crippen LogP contribution in [-0.4, -0.2) is 55.1 Å². The predicted octanol–water partition coefficient (Wildman–Crippen LogP) is -0.886. The normalized spacial score (nSPS) is 46.4. The van der Waals surface area contributed by atoms with Crippen molar-refractivity contribution in [3.05, 3.63) is 0 Å². The second-order valence-electron chi connectivity index (χ2n) is 3.13. The summed E-state index contributed by atoms with van der Waals surface area (Å²) in [5, 5.41) is 19.1. The van der Waals surface area contributed by atoms with Crippen LogP contribution in [0.25, 0.3) is 0 Å². The summed E-state index contributed by atoms with van der Waals surface area (Å²) in [5.74, 6) is 0. The Morgan fingerprint density at radius 3 is 2.15 bits per heavy atom. The number of ether oxygens (including phenoxy) is 3. The van der Waals surface area contributed by atoms with Crippen LogP contribution in [-0.2, 0) is 14.2 Å². The van der Waals surface area contributed by atoms with Crippen molar-refractivity contribution in [2.24, 2.45) is 0 Å². The molecule has 1 rings (SSSR count). The molecule has 1 saturated heterocycles. The number of rotatable bonds is 2. The minimum absolute atomic E-state index is 0.404. The predicted molar refractivity (Wildman–Crippen MR) is 44.2 cm³/mol. The van der Waals surface area contributed by atoms with Crippen LogP contribution in [0.3, 0.4) is 0 Å². The molecule has 5 unspecified atom stereocenters. The Balaban J connectivity index is 2.69. The molecule has 5 atom stereocenters. The fraction of sp³-hybridized carbons (Fsp3) is 1.00. The van der Waals surface area contributed by atoms with E-state index in [0.717, 1.165) is 0 Å². The molecular formula is C8H16O5. The van der Waals surface area contributed by atoms with Crippen molar-refractivity contribution in [2.45, 2.75) is 37.6 Å². The van der Waals surface area contributed by atoms with Crippen molar-refractivity contribution in [1.82, 2.24) is 0 Å². The molecule has 1 aliphatic heterocycles.